The molecule has 17 rings (SSSR count). The Labute approximate surface area is 820 Å². The number of methoxy groups -OCH3 is 1. The van der Waals surface area contributed by atoms with Gasteiger partial charge in [-0.2, -0.15) is 0 Å². The van der Waals surface area contributed by atoms with Gasteiger partial charge in [-0.1, -0.05) is 346 Å². The lowest BCUT2D eigenvalue weighted by Gasteiger charge is -2.48. The SMILES string of the molecule is CO[C@H]1O[C@H](CO[C@@H]2O[C@H](CO[C@@H]3O[C@H](CO[C@@H]4O[C@H](COCc5ccccc5)[C@@H](OCc5ccccc5)[C@H](OCc5ccccc5)[C@H]4OC(=O)c4ccccc4)[C@@H](OCc4ccccc4)[C@H](OCc4ccccc4)[C@H]3OCc3ccccc3)[C@@H](OC(=O)c3ccccc3)[C@H](OC(=O)c3ccccc3)[C@H]2OC(=O)c2ccccc2)[C@@H](OCc2ccccc2)[C@H](OCc2ccccc2)[C@H]1OCc1ccccc1. The van der Waals surface area contributed by atoms with Crippen molar-refractivity contribution in [2.45, 2.75) is 182 Å². The van der Waals surface area contributed by atoms with E-state index in [1.54, 1.807) is 121 Å². The van der Waals surface area contributed by atoms with Crippen LogP contribution in [0, 0.1) is 0 Å². The van der Waals surface area contributed by atoms with Gasteiger partial charge in [-0.15, -0.1) is 0 Å². The van der Waals surface area contributed by atoms with E-state index in [1.807, 2.05) is 273 Å². The third-order valence-electron chi connectivity index (χ3n) is 24.6. The van der Waals surface area contributed by atoms with Gasteiger partial charge in [0.1, 0.15) is 73.2 Å². The van der Waals surface area contributed by atoms with Crippen LogP contribution in [0.5, 0.6) is 0 Å². The van der Waals surface area contributed by atoms with Crippen molar-refractivity contribution in [3.05, 3.63) is 467 Å². The highest BCUT2D eigenvalue weighted by molar-refractivity contribution is 5.91. The molecule has 4 aliphatic rings. The molecule has 4 aliphatic heterocycles. The molecule has 0 unspecified atom stereocenters. The third kappa shape index (κ3) is 28.1. The predicted octanol–water partition coefficient (Wildman–Crippen LogP) is 18.4. The van der Waals surface area contributed by atoms with Crippen molar-refractivity contribution in [2.24, 2.45) is 0 Å². The first-order chi connectivity index (χ1) is 69.5. The van der Waals surface area contributed by atoms with Gasteiger partial charge in [0.05, 0.1) is 108 Å². The normalized spacial score (nSPS) is 24.4. The molecule has 0 spiro atoms. The van der Waals surface area contributed by atoms with Crippen LogP contribution in [-0.4, -0.2) is 180 Å². The van der Waals surface area contributed by atoms with E-state index in [-0.39, 0.29) is 88.3 Å². The number of esters is 4. The standard InChI is InChI=1S/C116H114O25/c1-121-113-105(129-74-87-55-29-9-30-56-87)101(126-71-84-49-23-6-24-50-84)98(124-69-82-45-19-4-20-46-82)94(134-113)77-133-116-108(141-112(120)92-65-39-14-40-66-92)104(139-110(118)90-61-35-12-36-62-90)100(138-109(117)89-59-33-11-34-60-89)96(137-116)79-131-114-106(130-75-88-57-31-10-32-58-88)102(127-72-85-51-25-7-26-52-85)99(125-70-83-47-21-5-22-48-83)95(136-114)78-132-115-107(140-111(119)91-63-37-13-38-64-91)103(128-73-86-53-27-8-28-54-86)97(123-68-81-43-17-3-18-44-81)93(135-115)76-122-67-80-41-15-2-16-42-80/h2-66,93-108,113-116H,67-79H2,1H3/t93-,94-,95-,96-,97-,98-,99-,100-,101+,102+,103+,104+,105-,106-,107-,108-,113+,114-,115-,116-/m1/s1. The van der Waals surface area contributed by atoms with E-state index < -0.39 is 167 Å². The van der Waals surface area contributed by atoms with Crippen molar-refractivity contribution in [1.82, 2.24) is 0 Å². The number of carbonyl (C=O) groups excluding carboxylic acids is 4. The van der Waals surface area contributed by atoms with Crippen molar-refractivity contribution in [3.63, 3.8) is 0 Å². The Balaban J connectivity index is 0.782. The molecule has 728 valence electrons. The number of benzene rings is 13. The molecule has 4 heterocycles. The summed E-state index contributed by atoms with van der Waals surface area (Å²) >= 11 is 0. The van der Waals surface area contributed by atoms with Gasteiger partial charge in [0.15, 0.2) is 49.6 Å². The average molecular weight is 1910 g/mol. The van der Waals surface area contributed by atoms with Gasteiger partial charge < -0.3 is 99.5 Å². The highest BCUT2D eigenvalue weighted by Crippen LogP contribution is 2.40. The number of rotatable bonds is 46. The van der Waals surface area contributed by atoms with Crippen LogP contribution in [0.4, 0.5) is 0 Å². The van der Waals surface area contributed by atoms with Gasteiger partial charge >= 0.3 is 23.9 Å². The van der Waals surface area contributed by atoms with E-state index in [2.05, 4.69) is 0 Å². The zero-order valence-corrected chi connectivity index (χ0v) is 78.0. The van der Waals surface area contributed by atoms with Crippen LogP contribution in [-0.2, 0) is 159 Å². The van der Waals surface area contributed by atoms with Gasteiger partial charge in [-0.25, -0.2) is 19.2 Å². The summed E-state index contributed by atoms with van der Waals surface area (Å²) in [5.41, 5.74) is 7.89. The van der Waals surface area contributed by atoms with Gasteiger partial charge in [0.2, 0.25) is 0 Å². The molecule has 4 saturated heterocycles. The Morgan fingerprint density at radius 1 is 0.184 bits per heavy atom. The minimum Gasteiger partial charge on any atom is -0.452 e. The molecule has 25 heteroatoms. The number of ether oxygens (including phenoxy) is 21. The second-order valence-corrected chi connectivity index (χ2v) is 34.4. The monoisotopic (exact) mass is 1910 g/mol. The second-order valence-electron chi connectivity index (χ2n) is 34.4. The summed E-state index contributed by atoms with van der Waals surface area (Å²) in [5, 5.41) is 0. The topological polar surface area (TPSA) is 262 Å². The minimum absolute atomic E-state index is 0.00579. The molecule has 0 amide bonds. The van der Waals surface area contributed by atoms with Crippen molar-refractivity contribution >= 4 is 23.9 Å². The zero-order valence-electron chi connectivity index (χ0n) is 78.0. The summed E-state index contributed by atoms with van der Waals surface area (Å²) in [6.45, 7) is -1.15. The maximum Gasteiger partial charge on any atom is 0.338 e. The van der Waals surface area contributed by atoms with Crippen LogP contribution in [0.2, 0.25) is 0 Å². The van der Waals surface area contributed by atoms with Crippen LogP contribution in [0.3, 0.4) is 0 Å². The Morgan fingerprint density at radius 2 is 0.369 bits per heavy atom. The number of carbonyl (C=O) groups is 4. The third-order valence-corrected chi connectivity index (χ3v) is 24.6. The van der Waals surface area contributed by atoms with Gasteiger partial charge in [-0.05, 0) is 98.6 Å². The molecule has 4 fully saturated rings. The molecule has 0 N–H and O–H groups in total. The maximum atomic E-state index is 15.5. The Kier molecular flexibility index (Phi) is 36.7. The van der Waals surface area contributed by atoms with E-state index in [0.717, 1.165) is 50.1 Å². The fraction of sp³-hybridized carbons (Fsp3) is 0.293. The first-order valence-electron chi connectivity index (χ1n) is 47.4. The Hall–Kier alpha value is -12.9. The zero-order chi connectivity index (χ0) is 96.4. The second kappa shape index (κ2) is 52.0. The van der Waals surface area contributed by atoms with Crippen molar-refractivity contribution in [3.8, 4) is 0 Å². The molecule has 0 aliphatic carbocycles. The molecular weight excluding hydrogens is 1790 g/mol. The minimum atomic E-state index is -1.85. The summed E-state index contributed by atoms with van der Waals surface area (Å²) in [6, 6.07) is 120. The van der Waals surface area contributed by atoms with Crippen molar-refractivity contribution < 1.29 is 119 Å². The fourth-order valence-corrected chi connectivity index (χ4v) is 17.3. The predicted molar refractivity (Wildman–Crippen MR) is 518 cm³/mol. The molecule has 0 aromatic heterocycles. The number of hydrogen-bond donors (Lipinski definition) is 0. The van der Waals surface area contributed by atoms with E-state index in [0.29, 0.717) is 0 Å². The van der Waals surface area contributed by atoms with E-state index in [4.69, 9.17) is 99.5 Å². The Morgan fingerprint density at radius 3 is 0.638 bits per heavy atom. The summed E-state index contributed by atoms with van der Waals surface area (Å²) in [6.07, 6.45) is -26.9. The largest absolute Gasteiger partial charge is 0.452 e. The summed E-state index contributed by atoms with van der Waals surface area (Å²) < 4.78 is 149. The first-order valence-corrected chi connectivity index (χ1v) is 47.4. The molecule has 13 aromatic rings. The van der Waals surface area contributed by atoms with Crippen LogP contribution >= 0.6 is 0 Å². The van der Waals surface area contributed by atoms with Crippen molar-refractivity contribution in [2.75, 3.05) is 33.5 Å². The van der Waals surface area contributed by atoms with E-state index in [1.165, 1.54) is 7.11 Å². The summed E-state index contributed by atoms with van der Waals surface area (Å²) in [7, 11) is 1.50. The first kappa shape index (κ1) is 99.6. The highest BCUT2D eigenvalue weighted by atomic mass is 16.8. The fourth-order valence-electron chi connectivity index (χ4n) is 17.3. The summed E-state index contributed by atoms with van der Waals surface area (Å²) in [5.74, 6) is -3.45. The Bertz CT molecular complexity index is 5860. The number of hydrogen-bond acceptors (Lipinski definition) is 25. The van der Waals surface area contributed by atoms with E-state index in [9.17, 15) is 0 Å². The molecule has 13 aromatic carbocycles. The maximum absolute atomic E-state index is 15.5. The lowest BCUT2D eigenvalue weighted by atomic mass is 9.96. The smallest absolute Gasteiger partial charge is 0.338 e. The molecule has 25 nitrogen and oxygen atoms in total. The molecular formula is C116H114O25. The quantitative estimate of drug-likeness (QED) is 0.0253. The molecule has 0 saturated carbocycles. The van der Waals surface area contributed by atoms with E-state index >= 15 is 19.2 Å². The molecule has 0 radical (unpaired) electrons. The van der Waals surface area contributed by atoms with Gasteiger partial charge in [0.25, 0.3) is 0 Å². The lowest BCUT2D eigenvalue weighted by molar-refractivity contribution is -0.359. The van der Waals surface area contributed by atoms with Crippen LogP contribution in [0.1, 0.15) is 91.5 Å². The van der Waals surface area contributed by atoms with Crippen LogP contribution in [0.25, 0.3) is 0 Å². The molecule has 0 bridgehead atoms. The molecule has 141 heavy (non-hydrogen) atoms. The van der Waals surface area contributed by atoms with Gasteiger partial charge in [-0.3, -0.25) is 0 Å². The van der Waals surface area contributed by atoms with Gasteiger partial charge in [0, 0.05) is 7.11 Å². The van der Waals surface area contributed by atoms with Crippen molar-refractivity contribution in [1.29, 1.82) is 0 Å². The summed E-state index contributed by atoms with van der Waals surface area (Å²) in [4.78, 5) is 61.5. The molecule has 20 atom stereocenters. The lowest BCUT2D eigenvalue weighted by Crippen LogP contribution is -2.65. The van der Waals surface area contributed by atoms with Crippen LogP contribution < -0.4 is 0 Å². The van der Waals surface area contributed by atoms with Crippen LogP contribution in [0.15, 0.2) is 394 Å². The average Bonchev–Trinajstić information content (AvgIpc) is 0.770. The highest BCUT2D eigenvalue weighted by Gasteiger charge is 2.58.